The van der Waals surface area contributed by atoms with Crippen LogP contribution in [-0.2, 0) is 12.0 Å². The normalized spacial score (nSPS) is 14.2. The van der Waals surface area contributed by atoms with Crippen LogP contribution in [0.2, 0.25) is 0 Å². The number of aromatic nitrogens is 5. The van der Waals surface area contributed by atoms with Gasteiger partial charge in [-0.15, -0.1) is 0 Å². The highest BCUT2D eigenvalue weighted by molar-refractivity contribution is 6.04. The van der Waals surface area contributed by atoms with Crippen LogP contribution in [0.5, 0.6) is 0 Å². The van der Waals surface area contributed by atoms with Crippen LogP contribution in [0, 0.1) is 11.7 Å². The number of nitrogens with two attached hydrogens (primary N) is 1. The first kappa shape index (κ1) is 24.5. The Kier molecular flexibility index (Phi) is 6.18. The van der Waals surface area contributed by atoms with Gasteiger partial charge in [-0.05, 0) is 44.4 Å². The molecule has 0 unspecified atom stereocenters. The molecule has 190 valence electrons. The lowest BCUT2D eigenvalue weighted by Gasteiger charge is -2.21. The van der Waals surface area contributed by atoms with Crippen molar-refractivity contribution in [3.05, 3.63) is 65.2 Å². The van der Waals surface area contributed by atoms with E-state index >= 15 is 0 Å². The zero-order valence-electron chi connectivity index (χ0n) is 21.3. The van der Waals surface area contributed by atoms with E-state index in [-0.39, 0.29) is 29.8 Å². The quantitative estimate of drug-likeness (QED) is 0.393. The van der Waals surface area contributed by atoms with E-state index in [0.717, 1.165) is 6.42 Å². The number of amidine groups is 1. The number of amides is 1. The molecule has 1 aromatic carbocycles. The van der Waals surface area contributed by atoms with Gasteiger partial charge < -0.3 is 11.1 Å². The first-order chi connectivity index (χ1) is 17.7. The molecule has 0 aliphatic carbocycles. The summed E-state index contributed by atoms with van der Waals surface area (Å²) in [6, 6.07) is 10.2. The van der Waals surface area contributed by atoms with Gasteiger partial charge in [0.2, 0.25) is 0 Å². The van der Waals surface area contributed by atoms with Crippen LogP contribution in [-0.4, -0.2) is 43.0 Å². The number of halogens is 1. The van der Waals surface area contributed by atoms with Gasteiger partial charge in [-0.3, -0.25) is 4.79 Å². The third-order valence-electron chi connectivity index (χ3n) is 6.60. The SMILES string of the molecule is CC(C)CCNC(=O)c1nc(-c2nn(Cc3ccccc3F)c3ncccc23)nc2c1C(C)(C)C(N)=N2. The summed E-state index contributed by atoms with van der Waals surface area (Å²) in [5, 5.41) is 8.37. The van der Waals surface area contributed by atoms with Crippen molar-refractivity contribution in [2.45, 2.75) is 46.1 Å². The fraction of sp³-hybridized carbons (Fsp3) is 0.333. The average molecular weight is 501 g/mol. The Bertz CT molecular complexity index is 1540. The van der Waals surface area contributed by atoms with Gasteiger partial charge in [0.1, 0.15) is 23.0 Å². The number of carbonyl (C=O) groups excluding carboxylic acids is 1. The molecule has 0 atom stereocenters. The van der Waals surface area contributed by atoms with E-state index in [0.29, 0.717) is 52.0 Å². The number of pyridine rings is 1. The number of fused-ring (bicyclic) bond motifs is 2. The number of aliphatic imine (C=N–C) groups is 1. The van der Waals surface area contributed by atoms with E-state index in [1.54, 1.807) is 35.1 Å². The maximum Gasteiger partial charge on any atom is 0.270 e. The molecule has 0 spiro atoms. The lowest BCUT2D eigenvalue weighted by molar-refractivity contribution is 0.0945. The van der Waals surface area contributed by atoms with E-state index < -0.39 is 5.41 Å². The molecule has 9 nitrogen and oxygen atoms in total. The van der Waals surface area contributed by atoms with E-state index in [2.05, 4.69) is 34.1 Å². The van der Waals surface area contributed by atoms with Crippen LogP contribution < -0.4 is 11.1 Å². The molecule has 1 aliphatic rings. The Hall–Kier alpha value is -4.21. The summed E-state index contributed by atoms with van der Waals surface area (Å²) in [6.45, 7) is 8.68. The molecule has 5 rings (SSSR count). The van der Waals surface area contributed by atoms with E-state index in [1.165, 1.54) is 6.07 Å². The molecule has 0 saturated carbocycles. The lowest BCUT2D eigenvalue weighted by Crippen LogP contribution is -2.36. The summed E-state index contributed by atoms with van der Waals surface area (Å²) < 4.78 is 16.0. The second kappa shape index (κ2) is 9.34. The summed E-state index contributed by atoms with van der Waals surface area (Å²) in [5.74, 6) is 0.743. The Morgan fingerprint density at radius 1 is 1.16 bits per heavy atom. The molecule has 3 N–H and O–H groups in total. The van der Waals surface area contributed by atoms with Crippen LogP contribution in [0.15, 0.2) is 47.6 Å². The van der Waals surface area contributed by atoms with Gasteiger partial charge in [0.25, 0.3) is 5.91 Å². The third kappa shape index (κ3) is 4.43. The van der Waals surface area contributed by atoms with Crippen LogP contribution in [0.1, 0.15) is 55.7 Å². The fourth-order valence-electron chi connectivity index (χ4n) is 4.39. The largest absolute Gasteiger partial charge is 0.386 e. The summed E-state index contributed by atoms with van der Waals surface area (Å²) in [4.78, 5) is 31.7. The minimum absolute atomic E-state index is 0.172. The van der Waals surface area contributed by atoms with Crippen molar-refractivity contribution in [1.29, 1.82) is 0 Å². The number of nitrogens with zero attached hydrogens (tertiary/aromatic N) is 6. The van der Waals surface area contributed by atoms with Gasteiger partial charge >= 0.3 is 0 Å². The third-order valence-corrected chi connectivity index (χ3v) is 6.60. The molecule has 3 aromatic heterocycles. The van der Waals surface area contributed by atoms with Crippen molar-refractivity contribution in [3.63, 3.8) is 0 Å². The topological polar surface area (TPSA) is 124 Å². The molecule has 10 heteroatoms. The molecule has 0 radical (unpaired) electrons. The summed E-state index contributed by atoms with van der Waals surface area (Å²) >= 11 is 0. The molecule has 0 fully saturated rings. The van der Waals surface area contributed by atoms with Crippen molar-refractivity contribution >= 4 is 28.6 Å². The predicted octanol–water partition coefficient (Wildman–Crippen LogP) is 4.13. The summed E-state index contributed by atoms with van der Waals surface area (Å²) in [5.41, 5.74) is 7.80. The fourth-order valence-corrected chi connectivity index (χ4v) is 4.39. The number of nitrogens with one attached hydrogen (secondary N) is 1. The monoisotopic (exact) mass is 500 g/mol. The van der Waals surface area contributed by atoms with Crippen LogP contribution in [0.25, 0.3) is 22.6 Å². The van der Waals surface area contributed by atoms with Gasteiger partial charge in [-0.25, -0.2) is 29.0 Å². The van der Waals surface area contributed by atoms with E-state index in [1.807, 2.05) is 19.9 Å². The van der Waals surface area contributed by atoms with Crippen molar-refractivity contribution in [1.82, 2.24) is 30.0 Å². The highest BCUT2D eigenvalue weighted by Crippen LogP contribution is 2.40. The second-order valence-electron chi connectivity index (χ2n) is 10.1. The molecular formula is C27H29FN8O. The molecule has 37 heavy (non-hydrogen) atoms. The highest BCUT2D eigenvalue weighted by atomic mass is 19.1. The zero-order valence-corrected chi connectivity index (χ0v) is 21.3. The smallest absolute Gasteiger partial charge is 0.270 e. The average Bonchev–Trinajstić information content (AvgIpc) is 3.33. The second-order valence-corrected chi connectivity index (χ2v) is 10.1. The molecule has 0 bridgehead atoms. The Balaban J connectivity index is 1.64. The summed E-state index contributed by atoms with van der Waals surface area (Å²) in [6.07, 6.45) is 2.49. The molecule has 4 aromatic rings. The number of hydrogen-bond acceptors (Lipinski definition) is 7. The molecule has 1 amide bonds. The summed E-state index contributed by atoms with van der Waals surface area (Å²) in [7, 11) is 0. The first-order valence-electron chi connectivity index (χ1n) is 12.3. The van der Waals surface area contributed by atoms with Crippen molar-refractivity contribution in [3.8, 4) is 11.5 Å². The minimum Gasteiger partial charge on any atom is -0.386 e. The maximum atomic E-state index is 14.4. The maximum absolute atomic E-state index is 14.4. The highest BCUT2D eigenvalue weighted by Gasteiger charge is 2.40. The first-order valence-corrected chi connectivity index (χ1v) is 12.3. The molecular weight excluding hydrogens is 471 g/mol. The lowest BCUT2D eigenvalue weighted by atomic mass is 9.84. The van der Waals surface area contributed by atoms with E-state index in [9.17, 15) is 9.18 Å². The van der Waals surface area contributed by atoms with E-state index in [4.69, 9.17) is 15.8 Å². The van der Waals surface area contributed by atoms with Crippen LogP contribution in [0.4, 0.5) is 10.2 Å². The molecule has 0 saturated heterocycles. The van der Waals surface area contributed by atoms with Crippen LogP contribution >= 0.6 is 0 Å². The molecule has 4 heterocycles. The predicted molar refractivity (Wildman–Crippen MR) is 140 cm³/mol. The van der Waals surface area contributed by atoms with Crippen molar-refractivity contribution in [2.24, 2.45) is 16.6 Å². The Morgan fingerprint density at radius 3 is 2.70 bits per heavy atom. The Morgan fingerprint density at radius 2 is 1.95 bits per heavy atom. The van der Waals surface area contributed by atoms with Gasteiger partial charge in [-0.2, -0.15) is 5.10 Å². The van der Waals surface area contributed by atoms with Crippen LogP contribution in [0.3, 0.4) is 0 Å². The van der Waals surface area contributed by atoms with Gasteiger partial charge in [0.05, 0.1) is 17.3 Å². The van der Waals surface area contributed by atoms with Gasteiger partial charge in [-0.1, -0.05) is 32.0 Å². The number of rotatable bonds is 7. The molecule has 1 aliphatic heterocycles. The van der Waals surface area contributed by atoms with Crippen molar-refractivity contribution in [2.75, 3.05) is 6.54 Å². The number of carbonyl (C=O) groups is 1. The van der Waals surface area contributed by atoms with Gasteiger partial charge in [0.15, 0.2) is 17.3 Å². The van der Waals surface area contributed by atoms with Gasteiger partial charge in [0, 0.05) is 23.9 Å². The minimum atomic E-state index is -0.702. The number of benzene rings is 1. The standard InChI is InChI=1S/C27H29FN8O/c1-15(2)11-13-31-25(37)21-19-22(34-26(29)27(19,3)4)33-23(32-21)20-17-9-7-12-30-24(17)36(35-20)14-16-8-5-6-10-18(16)28/h5-10,12,15H,11,13-14H2,1-4H3,(H,31,37)(H2,29,32,33,34). The zero-order chi connectivity index (χ0) is 26.3. The number of hydrogen-bond donors (Lipinski definition) is 2. The Labute approximate surface area is 214 Å². The van der Waals surface area contributed by atoms with Crippen molar-refractivity contribution < 1.29 is 9.18 Å².